The summed E-state index contributed by atoms with van der Waals surface area (Å²) in [6, 6.07) is 5.64. The molecule has 0 atom stereocenters. The monoisotopic (exact) mass is 237 g/mol. The molecule has 4 nitrogen and oxygen atoms in total. The first-order valence-corrected chi connectivity index (χ1v) is 5.81. The maximum absolute atomic E-state index is 11.3. The Hall–Kier alpha value is -1.71. The molecule has 1 aromatic rings. The van der Waals surface area contributed by atoms with E-state index in [1.165, 1.54) is 0 Å². The minimum absolute atomic E-state index is 0.278. The summed E-state index contributed by atoms with van der Waals surface area (Å²) in [6.07, 6.45) is -0.278. The number of methoxy groups -OCH3 is 1. The van der Waals surface area contributed by atoms with Gasteiger partial charge in [-0.2, -0.15) is 0 Å². The van der Waals surface area contributed by atoms with Crippen molar-refractivity contribution in [3.63, 3.8) is 0 Å². The van der Waals surface area contributed by atoms with Crippen LogP contribution in [0.3, 0.4) is 0 Å². The van der Waals surface area contributed by atoms with Crippen molar-refractivity contribution < 1.29 is 14.3 Å². The number of anilines is 1. The predicted molar refractivity (Wildman–Crippen MR) is 67.8 cm³/mol. The van der Waals surface area contributed by atoms with Crippen LogP contribution in [0.1, 0.15) is 19.4 Å². The van der Waals surface area contributed by atoms with Gasteiger partial charge >= 0.3 is 6.09 Å². The lowest BCUT2D eigenvalue weighted by molar-refractivity contribution is 0.181. The number of hydrogen-bond acceptors (Lipinski definition) is 3. The van der Waals surface area contributed by atoms with Crippen molar-refractivity contribution >= 4 is 11.8 Å². The molecule has 0 N–H and O–H groups in total. The van der Waals surface area contributed by atoms with Crippen molar-refractivity contribution in [2.45, 2.75) is 20.8 Å². The molecule has 0 aromatic heterocycles. The number of benzene rings is 1. The lowest BCUT2D eigenvalue weighted by atomic mass is 10.2. The van der Waals surface area contributed by atoms with E-state index in [1.54, 1.807) is 12.0 Å². The number of aryl methyl sites for hydroxylation is 1. The number of carbonyl (C=O) groups excluding carboxylic acids is 1. The van der Waals surface area contributed by atoms with Crippen molar-refractivity contribution in [3.8, 4) is 5.75 Å². The van der Waals surface area contributed by atoms with E-state index in [0.717, 1.165) is 17.0 Å². The zero-order valence-corrected chi connectivity index (χ0v) is 10.8. The van der Waals surface area contributed by atoms with Gasteiger partial charge in [0.05, 0.1) is 13.7 Å². The van der Waals surface area contributed by atoms with Gasteiger partial charge in [0.2, 0.25) is 0 Å². The first-order chi connectivity index (χ1) is 8.22. The number of carbonyl (C=O) groups is 1. The Kier molecular flexibility index (Phi) is 4.82. The molecule has 1 amide bonds. The Morgan fingerprint density at radius 1 is 1.35 bits per heavy atom. The number of cyclic esters (lactones) is 1. The topological polar surface area (TPSA) is 38.8 Å². The number of hydrogen-bond donors (Lipinski definition) is 0. The summed E-state index contributed by atoms with van der Waals surface area (Å²) in [5.74, 6) is 0.825. The van der Waals surface area contributed by atoms with Crippen LogP contribution >= 0.6 is 0 Å². The second-order valence-corrected chi connectivity index (χ2v) is 3.42. The molecule has 1 saturated heterocycles. The highest BCUT2D eigenvalue weighted by atomic mass is 16.6. The molecule has 1 aliphatic rings. The Morgan fingerprint density at radius 3 is 2.53 bits per heavy atom. The van der Waals surface area contributed by atoms with Crippen LogP contribution in [-0.2, 0) is 4.74 Å². The third kappa shape index (κ3) is 2.90. The summed E-state index contributed by atoms with van der Waals surface area (Å²) in [6.45, 7) is 7.03. The van der Waals surface area contributed by atoms with Crippen LogP contribution in [0.4, 0.5) is 10.5 Å². The Labute approximate surface area is 102 Å². The van der Waals surface area contributed by atoms with Crippen LogP contribution in [0.5, 0.6) is 5.75 Å². The van der Waals surface area contributed by atoms with Crippen LogP contribution in [0, 0.1) is 6.92 Å². The van der Waals surface area contributed by atoms with E-state index in [9.17, 15) is 4.79 Å². The minimum atomic E-state index is -0.278. The molecular formula is C13H19NO3. The van der Waals surface area contributed by atoms with Crippen LogP contribution in [0.15, 0.2) is 18.2 Å². The number of amides is 1. The molecule has 0 aliphatic carbocycles. The summed E-state index contributed by atoms with van der Waals surface area (Å²) in [4.78, 5) is 12.9. The van der Waals surface area contributed by atoms with Gasteiger partial charge < -0.3 is 9.47 Å². The van der Waals surface area contributed by atoms with Crippen molar-refractivity contribution in [1.82, 2.24) is 0 Å². The quantitative estimate of drug-likeness (QED) is 0.793. The summed E-state index contributed by atoms with van der Waals surface area (Å²) in [5, 5.41) is 0. The van der Waals surface area contributed by atoms with Gasteiger partial charge in [0, 0.05) is 5.69 Å². The van der Waals surface area contributed by atoms with E-state index in [4.69, 9.17) is 9.47 Å². The summed E-state index contributed by atoms with van der Waals surface area (Å²) < 4.78 is 10.0. The fourth-order valence-corrected chi connectivity index (χ4v) is 1.66. The fourth-order valence-electron chi connectivity index (χ4n) is 1.66. The van der Waals surface area contributed by atoms with E-state index in [-0.39, 0.29) is 6.09 Å². The number of nitrogens with zero attached hydrogens (tertiary/aromatic N) is 1. The third-order valence-electron chi connectivity index (χ3n) is 2.45. The molecule has 2 rings (SSSR count). The molecule has 94 valence electrons. The minimum Gasteiger partial charge on any atom is -0.496 e. The highest BCUT2D eigenvalue weighted by molar-refractivity contribution is 5.89. The smallest absolute Gasteiger partial charge is 0.414 e. The molecule has 0 spiro atoms. The SMILES string of the molecule is CC.COc1ccc(N2CCOC2=O)cc1C. The van der Waals surface area contributed by atoms with E-state index < -0.39 is 0 Å². The molecule has 0 unspecified atom stereocenters. The van der Waals surface area contributed by atoms with E-state index >= 15 is 0 Å². The van der Waals surface area contributed by atoms with Gasteiger partial charge in [-0.05, 0) is 30.7 Å². The van der Waals surface area contributed by atoms with Crippen molar-refractivity contribution in [3.05, 3.63) is 23.8 Å². The molecule has 1 aliphatic heterocycles. The molecule has 1 aromatic carbocycles. The van der Waals surface area contributed by atoms with Crippen LogP contribution < -0.4 is 9.64 Å². The van der Waals surface area contributed by atoms with Crippen LogP contribution in [0.25, 0.3) is 0 Å². The normalized spacial score (nSPS) is 13.9. The second-order valence-electron chi connectivity index (χ2n) is 3.42. The largest absolute Gasteiger partial charge is 0.496 e. The van der Waals surface area contributed by atoms with Gasteiger partial charge in [0.1, 0.15) is 12.4 Å². The summed E-state index contributed by atoms with van der Waals surface area (Å²) >= 11 is 0. The maximum Gasteiger partial charge on any atom is 0.414 e. The third-order valence-corrected chi connectivity index (χ3v) is 2.45. The van der Waals surface area contributed by atoms with Gasteiger partial charge in [-0.3, -0.25) is 4.90 Å². The molecular weight excluding hydrogens is 218 g/mol. The van der Waals surface area contributed by atoms with E-state index in [2.05, 4.69) is 0 Å². The lowest BCUT2D eigenvalue weighted by Gasteiger charge is -2.14. The van der Waals surface area contributed by atoms with Gasteiger partial charge in [-0.15, -0.1) is 0 Å². The Balaban J connectivity index is 0.000000686. The number of ether oxygens (including phenoxy) is 2. The molecule has 1 fully saturated rings. The molecule has 0 saturated carbocycles. The predicted octanol–water partition coefficient (Wildman–Crippen LogP) is 2.99. The van der Waals surface area contributed by atoms with Gasteiger partial charge in [-0.25, -0.2) is 4.79 Å². The molecule has 17 heavy (non-hydrogen) atoms. The standard InChI is InChI=1S/C11H13NO3.C2H6/c1-8-7-9(3-4-10(8)14-2)12-5-6-15-11(12)13;1-2/h3-4,7H,5-6H2,1-2H3;1-2H3. The molecule has 1 heterocycles. The average Bonchev–Trinajstić information content (AvgIpc) is 2.78. The fraction of sp³-hybridized carbons (Fsp3) is 0.462. The van der Waals surface area contributed by atoms with Crippen LogP contribution in [-0.4, -0.2) is 26.4 Å². The van der Waals surface area contributed by atoms with Gasteiger partial charge in [-0.1, -0.05) is 13.8 Å². The molecule has 0 radical (unpaired) electrons. The zero-order valence-electron chi connectivity index (χ0n) is 10.8. The second kappa shape index (κ2) is 6.13. The van der Waals surface area contributed by atoms with E-state index in [1.807, 2.05) is 39.0 Å². The summed E-state index contributed by atoms with van der Waals surface area (Å²) in [7, 11) is 1.63. The average molecular weight is 237 g/mol. The lowest BCUT2D eigenvalue weighted by Crippen LogP contribution is -2.23. The Bertz CT molecular complexity index is 390. The van der Waals surface area contributed by atoms with Crippen LogP contribution in [0.2, 0.25) is 0 Å². The summed E-state index contributed by atoms with van der Waals surface area (Å²) in [5.41, 5.74) is 1.87. The molecule has 4 heteroatoms. The number of rotatable bonds is 2. The van der Waals surface area contributed by atoms with Gasteiger partial charge in [0.25, 0.3) is 0 Å². The highest BCUT2D eigenvalue weighted by Gasteiger charge is 2.23. The highest BCUT2D eigenvalue weighted by Crippen LogP contribution is 2.25. The van der Waals surface area contributed by atoms with Gasteiger partial charge in [0.15, 0.2) is 0 Å². The van der Waals surface area contributed by atoms with E-state index in [0.29, 0.717) is 13.2 Å². The maximum atomic E-state index is 11.3. The first kappa shape index (κ1) is 13.4. The Morgan fingerprint density at radius 2 is 2.06 bits per heavy atom. The molecule has 0 bridgehead atoms. The van der Waals surface area contributed by atoms with Crippen molar-refractivity contribution in [1.29, 1.82) is 0 Å². The zero-order chi connectivity index (χ0) is 12.8. The van der Waals surface area contributed by atoms with Crippen molar-refractivity contribution in [2.75, 3.05) is 25.2 Å². The first-order valence-electron chi connectivity index (χ1n) is 5.81. The van der Waals surface area contributed by atoms with Crippen molar-refractivity contribution in [2.24, 2.45) is 0 Å².